The van der Waals surface area contributed by atoms with Gasteiger partial charge in [-0.25, -0.2) is 4.79 Å². The van der Waals surface area contributed by atoms with E-state index in [2.05, 4.69) is 4.74 Å². The Balaban J connectivity index is 3.96. The maximum absolute atomic E-state index is 11.6. The van der Waals surface area contributed by atoms with E-state index in [1.165, 1.54) is 6.92 Å². The van der Waals surface area contributed by atoms with E-state index in [1.54, 1.807) is 0 Å². The Morgan fingerprint density at radius 1 is 1.40 bits per heavy atom. The maximum atomic E-state index is 11.6. The van der Waals surface area contributed by atoms with Crippen LogP contribution in [-0.2, 0) is 14.3 Å². The minimum absolute atomic E-state index is 0.126. The molecular formula is C8H9F3O4. The van der Waals surface area contributed by atoms with Gasteiger partial charge in [0.2, 0.25) is 0 Å². The first-order chi connectivity index (χ1) is 6.72. The molecule has 0 bridgehead atoms. The summed E-state index contributed by atoms with van der Waals surface area (Å²) in [5.41, 5.74) is -0.126. The highest BCUT2D eigenvalue weighted by Gasteiger charge is 2.29. The molecule has 0 rings (SSSR count). The molecule has 86 valence electrons. The van der Waals surface area contributed by atoms with Gasteiger partial charge in [-0.05, 0) is 6.92 Å². The normalized spacial score (nSPS) is 12.4. The summed E-state index contributed by atoms with van der Waals surface area (Å²) in [4.78, 5) is 20.9. The van der Waals surface area contributed by atoms with Crippen molar-refractivity contribution in [3.8, 4) is 0 Å². The molecule has 15 heavy (non-hydrogen) atoms. The molecule has 0 spiro atoms. The summed E-state index contributed by atoms with van der Waals surface area (Å²) in [6.45, 7) is -0.439. The Morgan fingerprint density at radius 3 is 2.33 bits per heavy atom. The van der Waals surface area contributed by atoms with Gasteiger partial charge in [-0.3, -0.25) is 4.79 Å². The van der Waals surface area contributed by atoms with Crippen molar-refractivity contribution in [1.29, 1.82) is 0 Å². The summed E-state index contributed by atoms with van der Waals surface area (Å²) in [7, 11) is 0. The molecule has 0 aromatic carbocycles. The van der Waals surface area contributed by atoms with Gasteiger partial charge in [0.05, 0.1) is 6.42 Å². The largest absolute Gasteiger partial charge is 0.478 e. The molecule has 0 aliphatic carbocycles. The molecule has 4 nitrogen and oxygen atoms in total. The van der Waals surface area contributed by atoms with Crippen molar-refractivity contribution in [2.24, 2.45) is 0 Å². The Morgan fingerprint density at radius 2 is 1.93 bits per heavy atom. The molecular weight excluding hydrogens is 217 g/mol. The second-order valence-electron chi connectivity index (χ2n) is 2.67. The van der Waals surface area contributed by atoms with Gasteiger partial charge in [0.15, 0.2) is 6.61 Å². The zero-order valence-corrected chi connectivity index (χ0v) is 7.80. The summed E-state index contributed by atoms with van der Waals surface area (Å²) in [5, 5.41) is 8.35. The molecule has 0 aromatic heterocycles. The van der Waals surface area contributed by atoms with E-state index in [1.807, 2.05) is 0 Å². The van der Waals surface area contributed by atoms with Crippen molar-refractivity contribution in [2.45, 2.75) is 19.5 Å². The van der Waals surface area contributed by atoms with Crippen molar-refractivity contribution in [2.75, 3.05) is 6.61 Å². The smallest absolute Gasteiger partial charge is 0.422 e. The maximum Gasteiger partial charge on any atom is 0.422 e. The Bertz CT molecular complexity index is 280. The van der Waals surface area contributed by atoms with Crippen LogP contribution in [0.4, 0.5) is 13.2 Å². The van der Waals surface area contributed by atoms with E-state index >= 15 is 0 Å². The molecule has 0 aromatic rings. The molecule has 0 amide bonds. The van der Waals surface area contributed by atoms with Crippen molar-refractivity contribution in [3.05, 3.63) is 11.6 Å². The lowest BCUT2D eigenvalue weighted by Crippen LogP contribution is -2.20. The van der Waals surface area contributed by atoms with Crippen LogP contribution in [0.15, 0.2) is 11.6 Å². The minimum atomic E-state index is -4.57. The fraction of sp³-hybridized carbons (Fsp3) is 0.500. The first kappa shape index (κ1) is 13.5. The molecule has 0 fully saturated rings. The van der Waals surface area contributed by atoms with Crippen LogP contribution in [-0.4, -0.2) is 29.8 Å². The highest BCUT2D eigenvalue weighted by molar-refractivity contribution is 5.86. The average molecular weight is 226 g/mol. The summed E-state index contributed by atoms with van der Waals surface area (Å²) < 4.78 is 38.5. The van der Waals surface area contributed by atoms with E-state index in [-0.39, 0.29) is 5.57 Å². The van der Waals surface area contributed by atoms with Crippen molar-refractivity contribution in [1.82, 2.24) is 0 Å². The van der Waals surface area contributed by atoms with Gasteiger partial charge in [0.1, 0.15) is 0 Å². The molecule has 0 radical (unpaired) electrons. The Hall–Kier alpha value is -1.53. The number of rotatable bonds is 4. The number of carbonyl (C=O) groups is 2. The highest BCUT2D eigenvalue weighted by atomic mass is 19.4. The van der Waals surface area contributed by atoms with Crippen LogP contribution < -0.4 is 0 Å². The third kappa shape index (κ3) is 7.53. The van der Waals surface area contributed by atoms with E-state index < -0.39 is 31.1 Å². The Kier molecular flexibility index (Phi) is 4.83. The SMILES string of the molecule is C/C(=C\CC(=O)OCC(F)(F)F)C(=O)O. The quantitative estimate of drug-likeness (QED) is 0.583. The average Bonchev–Trinajstić information content (AvgIpc) is 2.09. The summed E-state index contributed by atoms with van der Waals surface area (Å²) in [5.74, 6) is -2.36. The Labute approximate surface area is 83.3 Å². The van der Waals surface area contributed by atoms with Crippen molar-refractivity contribution in [3.63, 3.8) is 0 Å². The van der Waals surface area contributed by atoms with Crippen LogP contribution in [0.5, 0.6) is 0 Å². The lowest BCUT2D eigenvalue weighted by atomic mass is 10.2. The van der Waals surface area contributed by atoms with Gasteiger partial charge in [0.25, 0.3) is 0 Å². The fourth-order valence-electron chi connectivity index (χ4n) is 0.545. The monoisotopic (exact) mass is 226 g/mol. The first-order valence-corrected chi connectivity index (χ1v) is 3.85. The highest BCUT2D eigenvalue weighted by Crippen LogP contribution is 2.14. The lowest BCUT2D eigenvalue weighted by Gasteiger charge is -2.06. The predicted octanol–water partition coefficient (Wildman–Crippen LogP) is 1.51. The van der Waals surface area contributed by atoms with Crippen LogP contribution >= 0.6 is 0 Å². The molecule has 0 aliphatic heterocycles. The number of halogens is 3. The third-order valence-corrected chi connectivity index (χ3v) is 1.31. The topological polar surface area (TPSA) is 63.6 Å². The molecule has 0 saturated carbocycles. The van der Waals surface area contributed by atoms with Gasteiger partial charge < -0.3 is 9.84 Å². The minimum Gasteiger partial charge on any atom is -0.478 e. The fourth-order valence-corrected chi connectivity index (χ4v) is 0.545. The van der Waals surface area contributed by atoms with Crippen LogP contribution in [0, 0.1) is 0 Å². The van der Waals surface area contributed by atoms with Crippen molar-refractivity contribution >= 4 is 11.9 Å². The van der Waals surface area contributed by atoms with E-state index in [0.717, 1.165) is 6.08 Å². The van der Waals surface area contributed by atoms with Gasteiger partial charge in [-0.2, -0.15) is 13.2 Å². The number of carbonyl (C=O) groups excluding carboxylic acids is 1. The molecule has 0 aliphatic rings. The second-order valence-corrected chi connectivity index (χ2v) is 2.67. The standard InChI is InChI=1S/C8H9F3O4/c1-5(7(13)14)2-3-6(12)15-4-8(9,10)11/h2H,3-4H2,1H3,(H,13,14)/b5-2+. The summed E-state index contributed by atoms with van der Waals surface area (Å²) >= 11 is 0. The van der Waals surface area contributed by atoms with E-state index in [9.17, 15) is 22.8 Å². The number of carboxylic acid groups (broad SMARTS) is 1. The predicted molar refractivity (Wildman–Crippen MR) is 43.0 cm³/mol. The van der Waals surface area contributed by atoms with E-state index in [4.69, 9.17) is 5.11 Å². The van der Waals surface area contributed by atoms with E-state index in [0.29, 0.717) is 0 Å². The van der Waals surface area contributed by atoms with Gasteiger partial charge in [-0.15, -0.1) is 0 Å². The summed E-state index contributed by atoms with van der Waals surface area (Å²) in [6, 6.07) is 0. The molecule has 7 heteroatoms. The number of alkyl halides is 3. The molecule has 0 heterocycles. The molecule has 0 atom stereocenters. The zero-order valence-electron chi connectivity index (χ0n) is 7.80. The number of carboxylic acids is 1. The number of esters is 1. The van der Waals surface area contributed by atoms with Crippen molar-refractivity contribution < 1.29 is 32.6 Å². The second kappa shape index (κ2) is 5.38. The van der Waals surface area contributed by atoms with Gasteiger partial charge >= 0.3 is 18.1 Å². The number of hydrogen-bond acceptors (Lipinski definition) is 3. The molecule has 0 saturated heterocycles. The number of ether oxygens (including phenoxy) is 1. The first-order valence-electron chi connectivity index (χ1n) is 3.85. The van der Waals surface area contributed by atoms with Gasteiger partial charge in [-0.1, -0.05) is 6.08 Å². The van der Waals surface area contributed by atoms with Crippen LogP contribution in [0.2, 0.25) is 0 Å². The van der Waals surface area contributed by atoms with Crippen LogP contribution in [0.1, 0.15) is 13.3 Å². The molecule has 1 N–H and O–H groups in total. The van der Waals surface area contributed by atoms with Crippen LogP contribution in [0.3, 0.4) is 0 Å². The number of aliphatic carboxylic acids is 1. The molecule has 0 unspecified atom stereocenters. The van der Waals surface area contributed by atoms with Gasteiger partial charge in [0, 0.05) is 5.57 Å². The third-order valence-electron chi connectivity index (χ3n) is 1.31. The summed E-state index contributed by atoms with van der Waals surface area (Å²) in [6.07, 6.45) is -4.07. The zero-order chi connectivity index (χ0) is 12.1. The lowest BCUT2D eigenvalue weighted by molar-refractivity contribution is -0.185. The van der Waals surface area contributed by atoms with Crippen LogP contribution in [0.25, 0.3) is 0 Å². The number of hydrogen-bond donors (Lipinski definition) is 1.